The molecule has 2 aliphatic rings. The lowest BCUT2D eigenvalue weighted by Gasteiger charge is -2.24. The average Bonchev–Trinajstić information content (AvgIpc) is 2.63. The van der Waals surface area contributed by atoms with Crippen LogP contribution in [0.25, 0.3) is 0 Å². The Labute approximate surface area is 83.7 Å². The highest BCUT2D eigenvalue weighted by Gasteiger charge is 2.43. The Balaban J connectivity index is 1.92. The van der Waals surface area contributed by atoms with Crippen molar-refractivity contribution in [3.05, 3.63) is 0 Å². The fourth-order valence-electron chi connectivity index (χ4n) is 2.03. The van der Waals surface area contributed by atoms with Gasteiger partial charge >= 0.3 is 0 Å². The Morgan fingerprint density at radius 3 is 2.57 bits per heavy atom. The van der Waals surface area contributed by atoms with Gasteiger partial charge in [0, 0.05) is 12.8 Å². The Bertz CT molecular complexity index is 244. The van der Waals surface area contributed by atoms with Gasteiger partial charge in [-0.05, 0) is 12.8 Å². The van der Waals surface area contributed by atoms with Crippen LogP contribution in [0.5, 0.6) is 0 Å². The predicted octanol–water partition coefficient (Wildman–Crippen LogP) is 2.11. The van der Waals surface area contributed by atoms with Crippen molar-refractivity contribution in [1.29, 1.82) is 5.26 Å². The first-order chi connectivity index (χ1) is 6.73. The summed E-state index contributed by atoms with van der Waals surface area (Å²) in [5.41, 5.74) is 0. The maximum atomic E-state index is 8.76. The summed E-state index contributed by atoms with van der Waals surface area (Å²) in [6.07, 6.45) is 5.60. The van der Waals surface area contributed by atoms with E-state index in [2.05, 4.69) is 0 Å². The molecule has 1 heterocycles. The molecule has 78 valence electrons. The van der Waals surface area contributed by atoms with Gasteiger partial charge in [0.2, 0.25) is 0 Å². The summed E-state index contributed by atoms with van der Waals surface area (Å²) in [7, 11) is 0. The zero-order valence-electron chi connectivity index (χ0n) is 8.36. The van der Waals surface area contributed by atoms with Crippen molar-refractivity contribution < 1.29 is 14.5 Å². The third-order valence-electron chi connectivity index (χ3n) is 2.88. The van der Waals surface area contributed by atoms with Crippen LogP contribution in [0, 0.1) is 17.2 Å². The second kappa shape index (κ2) is 3.85. The molecule has 1 saturated heterocycles. The van der Waals surface area contributed by atoms with Crippen LogP contribution in [-0.4, -0.2) is 12.1 Å². The van der Waals surface area contributed by atoms with E-state index in [9.17, 15) is 0 Å². The summed E-state index contributed by atoms with van der Waals surface area (Å²) in [6, 6.07) is 1.94. The molecule has 0 radical (unpaired) electrons. The summed E-state index contributed by atoms with van der Waals surface area (Å²) in [5, 5.41) is 8.76. The van der Waals surface area contributed by atoms with Crippen molar-refractivity contribution >= 4 is 0 Å². The Hall–Kier alpha value is -0.630. The molecular formula is C10H15NO3. The molecule has 0 aromatic carbocycles. The van der Waals surface area contributed by atoms with Gasteiger partial charge < -0.3 is 4.74 Å². The van der Waals surface area contributed by atoms with Gasteiger partial charge in [0.25, 0.3) is 5.79 Å². The zero-order valence-corrected chi connectivity index (χ0v) is 8.36. The van der Waals surface area contributed by atoms with Gasteiger partial charge in [0.15, 0.2) is 6.29 Å². The van der Waals surface area contributed by atoms with Crippen LogP contribution in [0.1, 0.15) is 39.0 Å². The minimum Gasteiger partial charge on any atom is -0.303 e. The van der Waals surface area contributed by atoms with E-state index in [1.807, 2.05) is 6.07 Å². The van der Waals surface area contributed by atoms with Crippen LogP contribution >= 0.6 is 0 Å². The quantitative estimate of drug-likeness (QED) is 0.604. The molecule has 1 saturated carbocycles. The predicted molar refractivity (Wildman–Crippen MR) is 47.6 cm³/mol. The van der Waals surface area contributed by atoms with Crippen molar-refractivity contribution in [2.45, 2.75) is 51.1 Å². The van der Waals surface area contributed by atoms with Crippen molar-refractivity contribution in [3.63, 3.8) is 0 Å². The van der Waals surface area contributed by atoms with E-state index in [4.69, 9.17) is 19.8 Å². The van der Waals surface area contributed by atoms with E-state index in [1.165, 1.54) is 19.3 Å². The molecule has 0 amide bonds. The van der Waals surface area contributed by atoms with Gasteiger partial charge in [-0.3, -0.25) is 0 Å². The van der Waals surface area contributed by atoms with Gasteiger partial charge in [-0.25, -0.2) is 0 Å². The van der Waals surface area contributed by atoms with Crippen molar-refractivity contribution in [1.82, 2.24) is 0 Å². The molecule has 0 spiro atoms. The molecule has 2 fully saturated rings. The van der Waals surface area contributed by atoms with Gasteiger partial charge in [-0.1, -0.05) is 19.3 Å². The lowest BCUT2D eigenvalue weighted by atomic mass is 9.89. The van der Waals surface area contributed by atoms with Crippen molar-refractivity contribution in [2.24, 2.45) is 5.92 Å². The monoisotopic (exact) mass is 197 g/mol. The second-order valence-corrected chi connectivity index (χ2v) is 4.12. The number of nitrogens with zero attached hydrogens (tertiary/aromatic N) is 1. The van der Waals surface area contributed by atoms with Crippen LogP contribution in [0.3, 0.4) is 0 Å². The SMILES string of the molecule is CC1(C#N)OOC(C2CCCCC2)O1. The number of nitriles is 1. The molecule has 1 aliphatic heterocycles. The molecule has 0 N–H and O–H groups in total. The topological polar surface area (TPSA) is 51.5 Å². The first-order valence-corrected chi connectivity index (χ1v) is 5.17. The summed E-state index contributed by atoms with van der Waals surface area (Å²) >= 11 is 0. The normalized spacial score (nSPS) is 39.6. The summed E-state index contributed by atoms with van der Waals surface area (Å²) in [6.45, 7) is 1.58. The smallest absolute Gasteiger partial charge is 0.288 e. The van der Waals surface area contributed by atoms with Crippen LogP contribution < -0.4 is 0 Å². The molecular weight excluding hydrogens is 182 g/mol. The molecule has 2 atom stereocenters. The van der Waals surface area contributed by atoms with Crippen LogP contribution in [0.2, 0.25) is 0 Å². The number of rotatable bonds is 1. The summed E-state index contributed by atoms with van der Waals surface area (Å²) < 4.78 is 5.43. The minimum absolute atomic E-state index is 0.347. The fraction of sp³-hybridized carbons (Fsp3) is 0.900. The minimum atomic E-state index is -1.21. The molecule has 2 rings (SSSR count). The maximum absolute atomic E-state index is 8.76. The molecule has 1 aliphatic carbocycles. The van der Waals surface area contributed by atoms with Crippen molar-refractivity contribution in [2.75, 3.05) is 0 Å². The molecule has 2 unspecified atom stereocenters. The third-order valence-corrected chi connectivity index (χ3v) is 2.88. The number of ether oxygens (including phenoxy) is 1. The van der Waals surface area contributed by atoms with Gasteiger partial charge in [0.05, 0.1) is 0 Å². The largest absolute Gasteiger partial charge is 0.303 e. The standard InChI is InChI=1S/C10H15NO3/c1-10(7-11)12-9(13-14-10)8-5-3-2-4-6-8/h8-9H,2-6H2,1H3. The average molecular weight is 197 g/mol. The molecule has 0 aromatic heterocycles. The van der Waals surface area contributed by atoms with E-state index >= 15 is 0 Å². The van der Waals surface area contributed by atoms with Crippen LogP contribution in [-0.2, 0) is 14.5 Å². The Kier molecular flexibility index (Phi) is 2.73. The summed E-state index contributed by atoms with van der Waals surface area (Å²) in [4.78, 5) is 9.93. The second-order valence-electron chi connectivity index (χ2n) is 4.12. The maximum Gasteiger partial charge on any atom is 0.288 e. The lowest BCUT2D eigenvalue weighted by molar-refractivity contribution is -0.317. The zero-order chi connectivity index (χ0) is 10.0. The van der Waals surface area contributed by atoms with E-state index in [0.717, 1.165) is 12.8 Å². The molecule has 14 heavy (non-hydrogen) atoms. The Morgan fingerprint density at radius 1 is 1.29 bits per heavy atom. The molecule has 4 nitrogen and oxygen atoms in total. The van der Waals surface area contributed by atoms with Gasteiger partial charge in [-0.2, -0.15) is 15.0 Å². The summed E-state index contributed by atoms with van der Waals surface area (Å²) in [5.74, 6) is -0.818. The van der Waals surface area contributed by atoms with E-state index in [1.54, 1.807) is 6.92 Å². The highest BCUT2D eigenvalue weighted by atomic mass is 17.3. The van der Waals surface area contributed by atoms with E-state index in [-0.39, 0.29) is 6.29 Å². The van der Waals surface area contributed by atoms with E-state index in [0.29, 0.717) is 5.92 Å². The number of hydrogen-bond acceptors (Lipinski definition) is 4. The third kappa shape index (κ3) is 1.90. The molecule has 4 heteroatoms. The van der Waals surface area contributed by atoms with E-state index < -0.39 is 5.79 Å². The van der Waals surface area contributed by atoms with Crippen LogP contribution in [0.15, 0.2) is 0 Å². The number of hydrogen-bond donors (Lipinski definition) is 0. The molecule has 0 bridgehead atoms. The fourth-order valence-corrected chi connectivity index (χ4v) is 2.03. The highest BCUT2D eigenvalue weighted by Crippen LogP contribution is 2.35. The first kappa shape index (κ1) is 9.91. The molecule has 0 aromatic rings. The lowest BCUT2D eigenvalue weighted by Crippen LogP contribution is -2.28. The van der Waals surface area contributed by atoms with Gasteiger partial charge in [-0.15, -0.1) is 0 Å². The Morgan fingerprint density at radius 2 is 2.00 bits per heavy atom. The van der Waals surface area contributed by atoms with Crippen molar-refractivity contribution in [3.8, 4) is 6.07 Å². The first-order valence-electron chi connectivity index (χ1n) is 5.17. The highest BCUT2D eigenvalue weighted by molar-refractivity contribution is 4.91. The van der Waals surface area contributed by atoms with Crippen LogP contribution in [0.4, 0.5) is 0 Å². The van der Waals surface area contributed by atoms with Gasteiger partial charge in [0.1, 0.15) is 6.07 Å².